The van der Waals surface area contributed by atoms with E-state index in [-0.39, 0.29) is 0 Å². The predicted octanol–water partition coefficient (Wildman–Crippen LogP) is 9.49. The smallest absolute Gasteiger partial charge is 0.0234 e. The van der Waals surface area contributed by atoms with Gasteiger partial charge in [-0.1, -0.05) is 105 Å². The first kappa shape index (κ1) is 23.9. The van der Waals surface area contributed by atoms with Crippen molar-refractivity contribution in [2.24, 2.45) is 5.92 Å². The van der Waals surface area contributed by atoms with Gasteiger partial charge < -0.3 is 0 Å². The Morgan fingerprint density at radius 2 is 1.49 bits per heavy atom. The molecular formula is C35H40. The molecule has 3 aromatic rings. The van der Waals surface area contributed by atoms with E-state index in [1.165, 1.54) is 70.2 Å². The lowest BCUT2D eigenvalue weighted by Gasteiger charge is -2.26. The molecule has 3 aromatic carbocycles. The molecular weight excluding hydrogens is 420 g/mol. The lowest BCUT2D eigenvalue weighted by atomic mass is 9.79. The number of allylic oxidation sites excluding steroid dienone is 2. The summed E-state index contributed by atoms with van der Waals surface area (Å²) in [5.74, 6) is 1.98. The van der Waals surface area contributed by atoms with Crippen molar-refractivity contribution >= 4 is 6.08 Å². The predicted molar refractivity (Wildman–Crippen MR) is 151 cm³/mol. The summed E-state index contributed by atoms with van der Waals surface area (Å²) < 4.78 is 0. The highest BCUT2D eigenvalue weighted by molar-refractivity contribution is 5.59. The van der Waals surface area contributed by atoms with Crippen molar-refractivity contribution in [3.05, 3.63) is 123 Å². The van der Waals surface area contributed by atoms with E-state index in [2.05, 4.69) is 100 Å². The van der Waals surface area contributed by atoms with Crippen LogP contribution in [0.2, 0.25) is 0 Å². The van der Waals surface area contributed by atoms with Gasteiger partial charge in [-0.15, -0.1) is 0 Å². The molecule has 2 aliphatic rings. The van der Waals surface area contributed by atoms with Gasteiger partial charge in [-0.25, -0.2) is 0 Å². The Bertz CT molecular complexity index is 1200. The monoisotopic (exact) mass is 460 g/mol. The summed E-state index contributed by atoms with van der Waals surface area (Å²) in [6.07, 6.45) is 13.3. The molecule has 1 atom stereocenters. The van der Waals surface area contributed by atoms with Gasteiger partial charge in [0.2, 0.25) is 0 Å². The minimum atomic E-state index is 0.301. The first-order valence-electron chi connectivity index (χ1n) is 13.6. The van der Waals surface area contributed by atoms with E-state index >= 15 is 0 Å². The molecule has 0 heteroatoms. The van der Waals surface area contributed by atoms with Crippen LogP contribution in [0.25, 0.3) is 6.08 Å². The fourth-order valence-corrected chi connectivity index (χ4v) is 6.29. The Morgan fingerprint density at radius 3 is 2.20 bits per heavy atom. The van der Waals surface area contributed by atoms with Gasteiger partial charge in [0.05, 0.1) is 0 Å². The van der Waals surface area contributed by atoms with Gasteiger partial charge >= 0.3 is 0 Å². The van der Waals surface area contributed by atoms with E-state index in [0.717, 1.165) is 31.1 Å². The van der Waals surface area contributed by atoms with Crippen molar-refractivity contribution in [3.63, 3.8) is 0 Å². The number of fused-ring (bicyclic) bond motifs is 1. The molecule has 0 amide bonds. The minimum absolute atomic E-state index is 0.301. The minimum Gasteiger partial charge on any atom is -0.0989 e. The van der Waals surface area contributed by atoms with Crippen LogP contribution in [0.4, 0.5) is 0 Å². The highest BCUT2D eigenvalue weighted by Crippen LogP contribution is 2.37. The number of hydrogen-bond donors (Lipinski definition) is 0. The van der Waals surface area contributed by atoms with Gasteiger partial charge in [0.1, 0.15) is 0 Å². The normalized spacial score (nSPS) is 22.4. The van der Waals surface area contributed by atoms with Gasteiger partial charge in [0, 0.05) is 5.92 Å². The van der Waals surface area contributed by atoms with Crippen molar-refractivity contribution in [1.82, 2.24) is 0 Å². The molecule has 1 saturated carbocycles. The van der Waals surface area contributed by atoms with Crippen molar-refractivity contribution in [1.29, 1.82) is 0 Å². The molecule has 0 N–H and O–H groups in total. The molecule has 1 fully saturated rings. The highest BCUT2D eigenvalue weighted by atomic mass is 14.3. The molecule has 0 saturated heterocycles. The summed E-state index contributed by atoms with van der Waals surface area (Å²) in [7, 11) is 0. The van der Waals surface area contributed by atoms with E-state index in [4.69, 9.17) is 0 Å². The first-order chi connectivity index (χ1) is 17.0. The van der Waals surface area contributed by atoms with E-state index in [0.29, 0.717) is 5.92 Å². The lowest BCUT2D eigenvalue weighted by Crippen LogP contribution is -2.10. The maximum Gasteiger partial charge on any atom is 0.0234 e. The zero-order valence-electron chi connectivity index (χ0n) is 21.8. The van der Waals surface area contributed by atoms with Crippen LogP contribution in [0.15, 0.2) is 78.9 Å². The molecule has 0 aromatic heterocycles. The van der Waals surface area contributed by atoms with Crippen LogP contribution in [0.5, 0.6) is 0 Å². The lowest BCUT2D eigenvalue weighted by molar-refractivity contribution is 0.348. The van der Waals surface area contributed by atoms with Crippen molar-refractivity contribution in [2.45, 2.75) is 77.6 Å². The fraction of sp³-hybridized carbons (Fsp3) is 0.371. The molecule has 1 unspecified atom stereocenters. The Kier molecular flexibility index (Phi) is 7.09. The third-order valence-corrected chi connectivity index (χ3v) is 8.56. The Labute approximate surface area is 212 Å². The summed E-state index contributed by atoms with van der Waals surface area (Å²) >= 11 is 0. The van der Waals surface area contributed by atoms with Crippen LogP contribution in [0.3, 0.4) is 0 Å². The maximum absolute atomic E-state index is 4.52. The van der Waals surface area contributed by atoms with Crippen molar-refractivity contribution in [2.75, 3.05) is 0 Å². The van der Waals surface area contributed by atoms with Crippen LogP contribution < -0.4 is 0 Å². The maximum atomic E-state index is 4.52. The SMILES string of the molecule is C=C1CCc2cc(Cc3ccc(C4CCC(C)CC4)cc3)ccc2C=CC1c1c(C)cccc1C. The van der Waals surface area contributed by atoms with Gasteiger partial charge in [-0.3, -0.25) is 0 Å². The van der Waals surface area contributed by atoms with Gasteiger partial charge in [0.25, 0.3) is 0 Å². The third-order valence-electron chi connectivity index (χ3n) is 8.56. The molecule has 0 radical (unpaired) electrons. The highest BCUT2D eigenvalue weighted by Gasteiger charge is 2.20. The topological polar surface area (TPSA) is 0 Å². The fourth-order valence-electron chi connectivity index (χ4n) is 6.29. The van der Waals surface area contributed by atoms with Gasteiger partial charge in [-0.2, -0.15) is 0 Å². The van der Waals surface area contributed by atoms with Crippen LogP contribution in [0.1, 0.15) is 95.4 Å². The standard InChI is InChI=1S/C35H40/c1-24-8-14-30(15-9-24)31-17-11-28(12-18-31)22-29-13-19-32-20-21-34(25(2)10-16-33(32)23-29)35-26(3)6-5-7-27(35)4/h5-7,11-13,17-21,23-24,30,34H,2,8-10,14-16,22H2,1,3-4H3. The summed E-state index contributed by atoms with van der Waals surface area (Å²) in [5.41, 5.74) is 12.7. The van der Waals surface area contributed by atoms with E-state index in [1.807, 2.05) is 0 Å². The van der Waals surface area contributed by atoms with Crippen molar-refractivity contribution in [3.8, 4) is 0 Å². The van der Waals surface area contributed by atoms with Gasteiger partial charge in [-0.05, 0) is 102 Å². The van der Waals surface area contributed by atoms with Gasteiger partial charge in [0.15, 0.2) is 0 Å². The molecule has 0 spiro atoms. The summed E-state index contributed by atoms with van der Waals surface area (Å²) in [6.45, 7) is 11.4. The largest absolute Gasteiger partial charge is 0.0989 e. The van der Waals surface area contributed by atoms with Crippen LogP contribution in [-0.2, 0) is 12.8 Å². The Hall–Kier alpha value is -2.86. The number of benzene rings is 3. The molecule has 0 bridgehead atoms. The average Bonchev–Trinajstić information content (AvgIpc) is 2.85. The second kappa shape index (κ2) is 10.4. The Morgan fingerprint density at radius 1 is 0.800 bits per heavy atom. The summed E-state index contributed by atoms with van der Waals surface area (Å²) in [5, 5.41) is 0. The average molecular weight is 461 g/mol. The van der Waals surface area contributed by atoms with Crippen LogP contribution in [-0.4, -0.2) is 0 Å². The van der Waals surface area contributed by atoms with Crippen LogP contribution in [0, 0.1) is 19.8 Å². The van der Waals surface area contributed by atoms with E-state index in [1.54, 1.807) is 5.56 Å². The molecule has 35 heavy (non-hydrogen) atoms. The third kappa shape index (κ3) is 5.37. The Balaban J connectivity index is 1.32. The second-order valence-electron chi connectivity index (χ2n) is 11.2. The van der Waals surface area contributed by atoms with E-state index in [9.17, 15) is 0 Å². The number of rotatable bonds is 4. The molecule has 180 valence electrons. The molecule has 0 aliphatic heterocycles. The molecule has 0 nitrogen and oxygen atoms in total. The first-order valence-corrected chi connectivity index (χ1v) is 13.6. The molecule has 5 rings (SSSR count). The number of aryl methyl sites for hydroxylation is 3. The van der Waals surface area contributed by atoms with E-state index < -0.39 is 0 Å². The zero-order valence-corrected chi connectivity index (χ0v) is 21.8. The molecule has 0 heterocycles. The zero-order chi connectivity index (χ0) is 24.4. The van der Waals surface area contributed by atoms with Crippen LogP contribution >= 0.6 is 0 Å². The summed E-state index contributed by atoms with van der Waals surface area (Å²) in [4.78, 5) is 0. The van der Waals surface area contributed by atoms with Crippen molar-refractivity contribution < 1.29 is 0 Å². The quantitative estimate of drug-likeness (QED) is 0.340. The number of hydrogen-bond acceptors (Lipinski definition) is 0. The summed E-state index contributed by atoms with van der Waals surface area (Å²) in [6, 6.07) is 23.2. The molecule has 2 aliphatic carbocycles. The second-order valence-corrected chi connectivity index (χ2v) is 11.2.